The third-order valence-corrected chi connectivity index (χ3v) is 4.62. The number of carbonyl (C=O) groups is 1. The van der Waals surface area contributed by atoms with E-state index in [1.807, 2.05) is 4.90 Å². The maximum Gasteiger partial charge on any atom is 0.222 e. The Balaban J connectivity index is 1.59. The van der Waals surface area contributed by atoms with Crippen molar-refractivity contribution < 1.29 is 4.79 Å². The van der Waals surface area contributed by atoms with Gasteiger partial charge in [0.2, 0.25) is 5.91 Å². The van der Waals surface area contributed by atoms with Crippen molar-refractivity contribution in [2.45, 2.75) is 70.3 Å². The predicted octanol–water partition coefficient (Wildman–Crippen LogP) is 2.69. The van der Waals surface area contributed by atoms with Gasteiger partial charge in [-0.2, -0.15) is 0 Å². The van der Waals surface area contributed by atoms with Crippen molar-refractivity contribution in [2.24, 2.45) is 11.7 Å². The van der Waals surface area contributed by atoms with E-state index in [1.165, 1.54) is 38.5 Å². The van der Waals surface area contributed by atoms with Gasteiger partial charge >= 0.3 is 0 Å². The van der Waals surface area contributed by atoms with Crippen LogP contribution in [-0.4, -0.2) is 29.9 Å². The molecule has 104 valence electrons. The second kappa shape index (κ2) is 7.13. The van der Waals surface area contributed by atoms with Crippen LogP contribution < -0.4 is 5.73 Å². The summed E-state index contributed by atoms with van der Waals surface area (Å²) < 4.78 is 0. The van der Waals surface area contributed by atoms with E-state index in [4.69, 9.17) is 5.73 Å². The van der Waals surface area contributed by atoms with Crippen LogP contribution in [0.4, 0.5) is 0 Å². The fourth-order valence-electron chi connectivity index (χ4n) is 3.32. The molecule has 1 saturated heterocycles. The average molecular weight is 252 g/mol. The molecule has 0 atom stereocenters. The van der Waals surface area contributed by atoms with E-state index in [1.54, 1.807) is 0 Å². The molecule has 3 nitrogen and oxygen atoms in total. The molecule has 2 N–H and O–H groups in total. The Morgan fingerprint density at radius 2 is 1.72 bits per heavy atom. The van der Waals surface area contributed by atoms with Gasteiger partial charge in [-0.15, -0.1) is 0 Å². The summed E-state index contributed by atoms with van der Waals surface area (Å²) in [4.78, 5) is 14.0. The first-order valence-corrected chi connectivity index (χ1v) is 7.79. The molecule has 0 aromatic heterocycles. The van der Waals surface area contributed by atoms with Crippen LogP contribution in [0.2, 0.25) is 0 Å². The number of hydrogen-bond acceptors (Lipinski definition) is 2. The molecule has 1 aliphatic heterocycles. The van der Waals surface area contributed by atoms with Gasteiger partial charge < -0.3 is 10.6 Å². The Bertz CT molecular complexity index is 253. The predicted molar refractivity (Wildman–Crippen MR) is 74.2 cm³/mol. The Morgan fingerprint density at radius 3 is 2.39 bits per heavy atom. The molecule has 1 saturated carbocycles. The lowest BCUT2D eigenvalue weighted by molar-refractivity contribution is -0.132. The lowest BCUT2D eigenvalue weighted by Crippen LogP contribution is -2.42. The molecular formula is C15H28N2O. The van der Waals surface area contributed by atoms with Crippen molar-refractivity contribution in [3.63, 3.8) is 0 Å². The Morgan fingerprint density at radius 1 is 1.06 bits per heavy atom. The minimum Gasteiger partial charge on any atom is -0.343 e. The largest absolute Gasteiger partial charge is 0.343 e. The summed E-state index contributed by atoms with van der Waals surface area (Å²) in [5, 5.41) is 0. The third kappa shape index (κ3) is 4.27. The van der Waals surface area contributed by atoms with E-state index in [-0.39, 0.29) is 0 Å². The summed E-state index contributed by atoms with van der Waals surface area (Å²) in [5.41, 5.74) is 5.86. The van der Waals surface area contributed by atoms with Gasteiger partial charge in [0.25, 0.3) is 0 Å². The van der Waals surface area contributed by atoms with Crippen LogP contribution in [0.3, 0.4) is 0 Å². The highest BCUT2D eigenvalue weighted by atomic mass is 16.2. The van der Waals surface area contributed by atoms with Crippen molar-refractivity contribution in [2.75, 3.05) is 13.1 Å². The average Bonchev–Trinajstić information content (AvgIpc) is 2.40. The van der Waals surface area contributed by atoms with Crippen LogP contribution in [0.15, 0.2) is 0 Å². The smallest absolute Gasteiger partial charge is 0.222 e. The Hall–Kier alpha value is -0.570. The van der Waals surface area contributed by atoms with Crippen LogP contribution in [0.25, 0.3) is 0 Å². The molecule has 0 unspecified atom stereocenters. The Kier molecular flexibility index (Phi) is 5.48. The zero-order chi connectivity index (χ0) is 12.8. The quantitative estimate of drug-likeness (QED) is 0.836. The molecule has 3 heteroatoms. The van der Waals surface area contributed by atoms with Gasteiger partial charge in [-0.05, 0) is 31.6 Å². The second-order valence-corrected chi connectivity index (χ2v) is 6.11. The lowest BCUT2D eigenvalue weighted by Gasteiger charge is -2.30. The van der Waals surface area contributed by atoms with Crippen molar-refractivity contribution in [3.05, 3.63) is 0 Å². The molecule has 0 aromatic carbocycles. The fourth-order valence-corrected chi connectivity index (χ4v) is 3.32. The van der Waals surface area contributed by atoms with Gasteiger partial charge in [-0.1, -0.05) is 32.1 Å². The molecule has 2 aliphatic rings. The van der Waals surface area contributed by atoms with Crippen molar-refractivity contribution in [3.8, 4) is 0 Å². The number of nitrogens with zero attached hydrogens (tertiary/aromatic N) is 1. The molecule has 1 aliphatic carbocycles. The number of likely N-dealkylation sites (tertiary alicyclic amines) is 1. The third-order valence-electron chi connectivity index (χ3n) is 4.62. The summed E-state index contributed by atoms with van der Waals surface area (Å²) in [6, 6.07) is 0.316. The second-order valence-electron chi connectivity index (χ2n) is 6.11. The SMILES string of the molecule is NC1CCN(C(=O)CCCC2CCCCC2)CC1. The zero-order valence-electron chi connectivity index (χ0n) is 11.6. The summed E-state index contributed by atoms with van der Waals surface area (Å²) in [6.07, 6.45) is 12.1. The molecule has 1 heterocycles. The van der Waals surface area contributed by atoms with E-state index in [0.29, 0.717) is 11.9 Å². The first-order valence-electron chi connectivity index (χ1n) is 7.79. The first-order chi connectivity index (χ1) is 8.75. The van der Waals surface area contributed by atoms with Gasteiger partial charge in [-0.3, -0.25) is 4.79 Å². The molecule has 0 spiro atoms. The van der Waals surface area contributed by atoms with Crippen molar-refractivity contribution in [1.82, 2.24) is 4.90 Å². The fraction of sp³-hybridized carbons (Fsp3) is 0.933. The Labute approximate surface area is 111 Å². The van der Waals surface area contributed by atoms with Crippen LogP contribution in [0.1, 0.15) is 64.2 Å². The van der Waals surface area contributed by atoms with Crippen LogP contribution >= 0.6 is 0 Å². The molecule has 2 rings (SSSR count). The number of nitrogens with two attached hydrogens (primary N) is 1. The van der Waals surface area contributed by atoms with Crippen LogP contribution in [0, 0.1) is 5.92 Å². The zero-order valence-corrected chi connectivity index (χ0v) is 11.6. The van der Waals surface area contributed by atoms with Gasteiger partial charge in [0.15, 0.2) is 0 Å². The minimum absolute atomic E-state index is 0.316. The molecule has 0 bridgehead atoms. The maximum atomic E-state index is 12.0. The number of hydrogen-bond donors (Lipinski definition) is 1. The highest BCUT2D eigenvalue weighted by molar-refractivity contribution is 5.76. The summed E-state index contributed by atoms with van der Waals surface area (Å²) >= 11 is 0. The van der Waals surface area contributed by atoms with Crippen molar-refractivity contribution in [1.29, 1.82) is 0 Å². The highest BCUT2D eigenvalue weighted by Crippen LogP contribution is 2.27. The molecule has 0 radical (unpaired) electrons. The number of rotatable bonds is 4. The van der Waals surface area contributed by atoms with Crippen LogP contribution in [-0.2, 0) is 4.79 Å². The molecular weight excluding hydrogens is 224 g/mol. The molecule has 0 aromatic rings. The molecule has 2 fully saturated rings. The van der Waals surface area contributed by atoms with Crippen molar-refractivity contribution >= 4 is 5.91 Å². The number of piperidine rings is 1. The monoisotopic (exact) mass is 252 g/mol. The summed E-state index contributed by atoms with van der Waals surface area (Å²) in [6.45, 7) is 1.76. The van der Waals surface area contributed by atoms with E-state index >= 15 is 0 Å². The lowest BCUT2D eigenvalue weighted by atomic mass is 9.86. The minimum atomic E-state index is 0.316. The summed E-state index contributed by atoms with van der Waals surface area (Å²) in [5.74, 6) is 1.26. The van der Waals surface area contributed by atoms with Gasteiger partial charge in [-0.25, -0.2) is 0 Å². The normalized spacial score (nSPS) is 23.3. The van der Waals surface area contributed by atoms with E-state index < -0.39 is 0 Å². The topological polar surface area (TPSA) is 46.3 Å². The molecule has 1 amide bonds. The highest BCUT2D eigenvalue weighted by Gasteiger charge is 2.20. The van der Waals surface area contributed by atoms with E-state index in [0.717, 1.165) is 44.7 Å². The first kappa shape index (κ1) is 13.9. The standard InChI is InChI=1S/C15H28N2O/c16-14-9-11-17(12-10-14)15(18)8-4-7-13-5-2-1-3-6-13/h13-14H,1-12,16H2. The summed E-state index contributed by atoms with van der Waals surface area (Å²) in [7, 11) is 0. The van der Waals surface area contributed by atoms with Gasteiger partial charge in [0, 0.05) is 25.6 Å². The maximum absolute atomic E-state index is 12.0. The van der Waals surface area contributed by atoms with E-state index in [9.17, 15) is 4.79 Å². The number of carbonyl (C=O) groups excluding carboxylic acids is 1. The van der Waals surface area contributed by atoms with Crippen LogP contribution in [0.5, 0.6) is 0 Å². The number of amides is 1. The van der Waals surface area contributed by atoms with Gasteiger partial charge in [0.05, 0.1) is 0 Å². The van der Waals surface area contributed by atoms with Gasteiger partial charge in [0.1, 0.15) is 0 Å². The molecule has 18 heavy (non-hydrogen) atoms. The van der Waals surface area contributed by atoms with E-state index in [2.05, 4.69) is 0 Å².